The molecule has 0 bridgehead atoms. The van der Waals surface area contributed by atoms with Gasteiger partial charge in [0.05, 0.1) is 0 Å². The van der Waals surface area contributed by atoms with Crippen LogP contribution in [0.1, 0.15) is 52.8 Å². The minimum absolute atomic E-state index is 0.287. The Bertz CT molecular complexity index is 364. The Balaban J connectivity index is 2.77. The van der Waals surface area contributed by atoms with Gasteiger partial charge >= 0.3 is 0 Å². The second kappa shape index (κ2) is 6.20. The van der Waals surface area contributed by atoms with Gasteiger partial charge in [0.25, 0.3) is 0 Å². The van der Waals surface area contributed by atoms with Crippen molar-refractivity contribution in [3.05, 3.63) is 17.0 Å². The van der Waals surface area contributed by atoms with Crippen LogP contribution in [0.5, 0.6) is 0 Å². The Morgan fingerprint density at radius 3 is 2.35 bits per heavy atom. The molecule has 0 aliphatic carbocycles. The lowest BCUT2D eigenvalue weighted by Gasteiger charge is -2.17. The Morgan fingerprint density at radius 2 is 1.82 bits per heavy atom. The van der Waals surface area contributed by atoms with E-state index in [1.807, 2.05) is 0 Å². The van der Waals surface area contributed by atoms with Crippen molar-refractivity contribution in [2.24, 2.45) is 5.92 Å². The van der Waals surface area contributed by atoms with E-state index in [1.165, 1.54) is 0 Å². The topological polar surface area (TPSA) is 37.8 Å². The number of anilines is 1. The minimum Gasteiger partial charge on any atom is -0.367 e. The van der Waals surface area contributed by atoms with Crippen molar-refractivity contribution in [2.75, 3.05) is 5.32 Å². The average molecular weight is 256 g/mol. The number of hydrogen-bond donors (Lipinski definition) is 1. The second-order valence-corrected chi connectivity index (χ2v) is 5.65. The van der Waals surface area contributed by atoms with Crippen molar-refractivity contribution < 1.29 is 0 Å². The fourth-order valence-corrected chi connectivity index (χ4v) is 1.98. The predicted molar refractivity (Wildman–Crippen MR) is 73.7 cm³/mol. The van der Waals surface area contributed by atoms with E-state index in [0.29, 0.717) is 17.1 Å². The van der Waals surface area contributed by atoms with Gasteiger partial charge in [-0.25, -0.2) is 9.97 Å². The minimum atomic E-state index is 0.287. The summed E-state index contributed by atoms with van der Waals surface area (Å²) in [5.74, 6) is 2.56. The summed E-state index contributed by atoms with van der Waals surface area (Å²) in [5.41, 5.74) is 0. The molecule has 0 aliphatic heterocycles. The van der Waals surface area contributed by atoms with Crippen LogP contribution in [0.3, 0.4) is 0 Å². The van der Waals surface area contributed by atoms with Gasteiger partial charge in [0.15, 0.2) is 0 Å². The SMILES string of the molecule is CC(C)CC(C)Nc1cc(Cl)nc(C(C)C)n1. The third kappa shape index (κ3) is 4.90. The maximum atomic E-state index is 5.99. The summed E-state index contributed by atoms with van der Waals surface area (Å²) in [7, 11) is 0. The lowest BCUT2D eigenvalue weighted by atomic mass is 10.1. The van der Waals surface area contributed by atoms with Crippen LogP contribution in [0.4, 0.5) is 5.82 Å². The van der Waals surface area contributed by atoms with Crippen LogP contribution in [0.2, 0.25) is 5.15 Å². The second-order valence-electron chi connectivity index (χ2n) is 5.26. The molecule has 0 aromatic carbocycles. The molecule has 0 saturated heterocycles. The zero-order chi connectivity index (χ0) is 13.0. The molecule has 0 radical (unpaired) electrons. The highest BCUT2D eigenvalue weighted by Gasteiger charge is 2.10. The zero-order valence-corrected chi connectivity index (χ0v) is 12.0. The first kappa shape index (κ1) is 14.2. The molecule has 0 spiro atoms. The smallest absolute Gasteiger partial charge is 0.135 e. The van der Waals surface area contributed by atoms with Crippen molar-refractivity contribution in [1.29, 1.82) is 0 Å². The van der Waals surface area contributed by atoms with Crippen LogP contribution in [-0.2, 0) is 0 Å². The van der Waals surface area contributed by atoms with E-state index in [-0.39, 0.29) is 5.92 Å². The molecule has 1 atom stereocenters. The van der Waals surface area contributed by atoms with Crippen molar-refractivity contribution in [3.8, 4) is 0 Å². The Morgan fingerprint density at radius 1 is 1.18 bits per heavy atom. The van der Waals surface area contributed by atoms with Crippen molar-refractivity contribution >= 4 is 17.4 Å². The highest BCUT2D eigenvalue weighted by atomic mass is 35.5. The third-order valence-corrected chi connectivity index (χ3v) is 2.64. The molecular formula is C13H22ClN3. The summed E-state index contributed by atoms with van der Waals surface area (Å²) < 4.78 is 0. The first-order chi connectivity index (χ1) is 7.88. The van der Waals surface area contributed by atoms with Crippen LogP contribution in [0, 0.1) is 5.92 Å². The number of nitrogens with zero attached hydrogens (tertiary/aromatic N) is 2. The maximum Gasteiger partial charge on any atom is 0.135 e. The van der Waals surface area contributed by atoms with Gasteiger partial charge in [0, 0.05) is 18.0 Å². The van der Waals surface area contributed by atoms with Gasteiger partial charge in [-0.05, 0) is 19.3 Å². The van der Waals surface area contributed by atoms with E-state index >= 15 is 0 Å². The molecule has 1 rings (SSSR count). The van der Waals surface area contributed by atoms with Gasteiger partial charge in [-0.1, -0.05) is 39.3 Å². The molecule has 0 amide bonds. The highest BCUT2D eigenvalue weighted by molar-refractivity contribution is 6.29. The van der Waals surface area contributed by atoms with Gasteiger partial charge in [0.2, 0.25) is 0 Å². The first-order valence-electron chi connectivity index (χ1n) is 6.19. The fraction of sp³-hybridized carbons (Fsp3) is 0.692. The molecule has 1 N–H and O–H groups in total. The van der Waals surface area contributed by atoms with E-state index in [1.54, 1.807) is 6.07 Å². The van der Waals surface area contributed by atoms with E-state index in [2.05, 4.69) is 49.9 Å². The molecule has 3 nitrogen and oxygen atoms in total. The molecule has 1 heterocycles. The number of halogens is 1. The average Bonchev–Trinajstić information content (AvgIpc) is 2.14. The summed E-state index contributed by atoms with van der Waals surface area (Å²) in [6.45, 7) is 10.7. The van der Waals surface area contributed by atoms with Gasteiger partial charge in [-0.2, -0.15) is 0 Å². The number of aromatic nitrogens is 2. The van der Waals surface area contributed by atoms with Crippen LogP contribution in [0.25, 0.3) is 0 Å². The molecular weight excluding hydrogens is 234 g/mol. The molecule has 1 aromatic heterocycles. The molecule has 1 unspecified atom stereocenters. The molecule has 0 saturated carbocycles. The monoisotopic (exact) mass is 255 g/mol. The number of rotatable bonds is 5. The van der Waals surface area contributed by atoms with Crippen molar-refractivity contribution in [2.45, 2.75) is 53.0 Å². The van der Waals surface area contributed by atoms with E-state index < -0.39 is 0 Å². The summed E-state index contributed by atoms with van der Waals surface area (Å²) in [6, 6.07) is 2.17. The lowest BCUT2D eigenvalue weighted by Crippen LogP contribution is -2.19. The van der Waals surface area contributed by atoms with Gasteiger partial charge in [0.1, 0.15) is 16.8 Å². The normalized spacial score (nSPS) is 13.2. The third-order valence-electron chi connectivity index (χ3n) is 2.45. The predicted octanol–water partition coefficient (Wildman–Crippen LogP) is 4.10. The molecule has 17 heavy (non-hydrogen) atoms. The molecule has 4 heteroatoms. The standard InChI is InChI=1S/C13H22ClN3/c1-8(2)6-10(5)15-12-7-11(14)16-13(17-12)9(3)4/h7-10H,6H2,1-5H3,(H,15,16,17). The maximum absolute atomic E-state index is 5.99. The Kier molecular flexibility index (Phi) is 5.19. The largest absolute Gasteiger partial charge is 0.367 e. The summed E-state index contributed by atoms with van der Waals surface area (Å²) in [5, 5.41) is 3.88. The Hall–Kier alpha value is -0.830. The van der Waals surface area contributed by atoms with Crippen LogP contribution < -0.4 is 5.32 Å². The molecule has 0 fully saturated rings. The molecule has 1 aromatic rings. The van der Waals surface area contributed by atoms with Crippen LogP contribution in [-0.4, -0.2) is 16.0 Å². The Labute approximate surface area is 109 Å². The van der Waals surface area contributed by atoms with Gasteiger partial charge in [-0.3, -0.25) is 0 Å². The lowest BCUT2D eigenvalue weighted by molar-refractivity contribution is 0.538. The van der Waals surface area contributed by atoms with E-state index in [0.717, 1.165) is 18.1 Å². The fourth-order valence-electron chi connectivity index (χ4n) is 1.79. The first-order valence-corrected chi connectivity index (χ1v) is 6.57. The van der Waals surface area contributed by atoms with Crippen LogP contribution >= 0.6 is 11.6 Å². The summed E-state index contributed by atoms with van der Waals surface area (Å²) >= 11 is 5.99. The highest BCUT2D eigenvalue weighted by Crippen LogP contribution is 2.18. The van der Waals surface area contributed by atoms with E-state index in [4.69, 9.17) is 11.6 Å². The summed E-state index contributed by atoms with van der Waals surface area (Å²) in [4.78, 5) is 8.69. The van der Waals surface area contributed by atoms with Crippen molar-refractivity contribution in [1.82, 2.24) is 9.97 Å². The molecule has 96 valence electrons. The van der Waals surface area contributed by atoms with Crippen LogP contribution in [0.15, 0.2) is 6.07 Å². The quantitative estimate of drug-likeness (QED) is 0.805. The molecule has 0 aliphatic rings. The van der Waals surface area contributed by atoms with Crippen molar-refractivity contribution in [3.63, 3.8) is 0 Å². The number of nitrogens with one attached hydrogen (secondary N) is 1. The number of hydrogen-bond acceptors (Lipinski definition) is 3. The zero-order valence-electron chi connectivity index (χ0n) is 11.3. The van der Waals surface area contributed by atoms with Gasteiger partial charge < -0.3 is 5.32 Å². The summed E-state index contributed by atoms with van der Waals surface area (Å²) in [6.07, 6.45) is 1.11. The van der Waals surface area contributed by atoms with Gasteiger partial charge in [-0.15, -0.1) is 0 Å². The van der Waals surface area contributed by atoms with E-state index in [9.17, 15) is 0 Å².